The summed E-state index contributed by atoms with van der Waals surface area (Å²) in [5.41, 5.74) is 1.15. The standard InChI is InChI=1S/C15H17Br2NOS/c1-3-7-18-14(15-12(17)6-8-20-15)11-9-10(16)4-5-13(11)19-2/h4-6,8-9,14,18H,3,7H2,1-2H3. The minimum Gasteiger partial charge on any atom is -0.496 e. The largest absolute Gasteiger partial charge is 0.496 e. The van der Waals surface area contributed by atoms with Crippen LogP contribution in [0.5, 0.6) is 5.75 Å². The molecule has 0 bridgehead atoms. The molecule has 5 heteroatoms. The molecule has 20 heavy (non-hydrogen) atoms. The predicted molar refractivity (Wildman–Crippen MR) is 92.8 cm³/mol. The molecule has 0 radical (unpaired) electrons. The van der Waals surface area contributed by atoms with Crippen molar-refractivity contribution >= 4 is 43.2 Å². The molecule has 0 saturated heterocycles. The van der Waals surface area contributed by atoms with Gasteiger partial charge in [0.25, 0.3) is 0 Å². The van der Waals surface area contributed by atoms with Crippen LogP contribution in [0.4, 0.5) is 0 Å². The molecule has 1 unspecified atom stereocenters. The Labute approximate surface area is 140 Å². The lowest BCUT2D eigenvalue weighted by molar-refractivity contribution is 0.404. The third-order valence-corrected chi connectivity index (χ3v) is 5.44. The van der Waals surface area contributed by atoms with Crippen LogP contribution in [-0.4, -0.2) is 13.7 Å². The van der Waals surface area contributed by atoms with E-state index >= 15 is 0 Å². The molecule has 1 aromatic heterocycles. The van der Waals surface area contributed by atoms with Crippen molar-refractivity contribution in [3.05, 3.63) is 49.0 Å². The lowest BCUT2D eigenvalue weighted by atomic mass is 10.0. The van der Waals surface area contributed by atoms with Crippen molar-refractivity contribution in [1.29, 1.82) is 0 Å². The number of hydrogen-bond donors (Lipinski definition) is 1. The number of benzene rings is 1. The van der Waals surface area contributed by atoms with E-state index in [1.807, 2.05) is 12.1 Å². The summed E-state index contributed by atoms with van der Waals surface area (Å²) < 4.78 is 7.72. The Morgan fingerprint density at radius 1 is 1.30 bits per heavy atom. The smallest absolute Gasteiger partial charge is 0.124 e. The lowest BCUT2D eigenvalue weighted by Gasteiger charge is -2.21. The number of thiophene rings is 1. The molecule has 108 valence electrons. The van der Waals surface area contributed by atoms with Crippen molar-refractivity contribution in [1.82, 2.24) is 5.32 Å². The summed E-state index contributed by atoms with van der Waals surface area (Å²) in [4.78, 5) is 1.27. The molecule has 2 aromatic rings. The average molecular weight is 419 g/mol. The first-order valence-electron chi connectivity index (χ1n) is 6.47. The average Bonchev–Trinajstić information content (AvgIpc) is 2.86. The van der Waals surface area contributed by atoms with Gasteiger partial charge in [0.2, 0.25) is 0 Å². The molecule has 0 spiro atoms. The van der Waals surface area contributed by atoms with E-state index in [1.165, 1.54) is 4.88 Å². The van der Waals surface area contributed by atoms with Crippen LogP contribution in [0.2, 0.25) is 0 Å². The first kappa shape index (κ1) is 16.0. The first-order valence-corrected chi connectivity index (χ1v) is 8.93. The van der Waals surface area contributed by atoms with Gasteiger partial charge in [-0.05, 0) is 58.5 Å². The third kappa shape index (κ3) is 3.64. The maximum atomic E-state index is 5.53. The molecule has 2 rings (SSSR count). The normalized spacial score (nSPS) is 12.4. The SMILES string of the molecule is CCCNC(c1cc(Br)ccc1OC)c1sccc1Br. The highest BCUT2D eigenvalue weighted by atomic mass is 79.9. The summed E-state index contributed by atoms with van der Waals surface area (Å²) >= 11 is 8.94. The van der Waals surface area contributed by atoms with E-state index < -0.39 is 0 Å². The van der Waals surface area contributed by atoms with Crippen LogP contribution in [0, 0.1) is 0 Å². The minimum absolute atomic E-state index is 0.136. The number of hydrogen-bond acceptors (Lipinski definition) is 3. The molecule has 1 atom stereocenters. The maximum absolute atomic E-state index is 5.53. The van der Waals surface area contributed by atoms with E-state index in [9.17, 15) is 0 Å². The minimum atomic E-state index is 0.136. The van der Waals surface area contributed by atoms with E-state index in [0.717, 1.165) is 33.2 Å². The van der Waals surface area contributed by atoms with Crippen LogP contribution in [-0.2, 0) is 0 Å². The highest BCUT2D eigenvalue weighted by Crippen LogP contribution is 2.38. The van der Waals surface area contributed by atoms with E-state index in [1.54, 1.807) is 18.4 Å². The van der Waals surface area contributed by atoms with E-state index in [-0.39, 0.29) is 6.04 Å². The van der Waals surface area contributed by atoms with Crippen molar-refractivity contribution in [2.24, 2.45) is 0 Å². The van der Waals surface area contributed by atoms with Crippen molar-refractivity contribution in [2.75, 3.05) is 13.7 Å². The summed E-state index contributed by atoms with van der Waals surface area (Å²) in [5.74, 6) is 0.905. The Kier molecular flexibility index (Phi) is 6.08. The van der Waals surface area contributed by atoms with Gasteiger partial charge < -0.3 is 10.1 Å². The molecule has 2 nitrogen and oxygen atoms in total. The molecule has 1 heterocycles. The zero-order valence-corrected chi connectivity index (χ0v) is 15.4. The van der Waals surface area contributed by atoms with Gasteiger partial charge in [0.05, 0.1) is 13.2 Å². The molecule has 0 saturated carbocycles. The Morgan fingerprint density at radius 2 is 2.10 bits per heavy atom. The highest BCUT2D eigenvalue weighted by molar-refractivity contribution is 9.10. The van der Waals surface area contributed by atoms with E-state index in [0.29, 0.717) is 0 Å². The van der Waals surface area contributed by atoms with Crippen molar-refractivity contribution in [3.8, 4) is 5.75 Å². The number of rotatable bonds is 6. The van der Waals surface area contributed by atoms with Gasteiger partial charge in [-0.2, -0.15) is 0 Å². The zero-order chi connectivity index (χ0) is 14.5. The van der Waals surface area contributed by atoms with E-state index in [4.69, 9.17) is 4.74 Å². The van der Waals surface area contributed by atoms with Gasteiger partial charge >= 0.3 is 0 Å². The molecule has 1 N–H and O–H groups in total. The quantitative estimate of drug-likeness (QED) is 0.680. The Bertz CT molecular complexity index is 571. The molecule has 0 fully saturated rings. The fourth-order valence-electron chi connectivity index (χ4n) is 2.07. The van der Waals surface area contributed by atoms with Crippen LogP contribution >= 0.6 is 43.2 Å². The van der Waals surface area contributed by atoms with Crippen LogP contribution in [0.3, 0.4) is 0 Å². The summed E-state index contributed by atoms with van der Waals surface area (Å²) in [6.45, 7) is 3.14. The third-order valence-electron chi connectivity index (χ3n) is 3.01. The zero-order valence-electron chi connectivity index (χ0n) is 11.5. The monoisotopic (exact) mass is 417 g/mol. The second kappa shape index (κ2) is 7.59. The molecule has 1 aromatic carbocycles. The summed E-state index contributed by atoms with van der Waals surface area (Å²) in [7, 11) is 1.72. The summed E-state index contributed by atoms with van der Waals surface area (Å²) in [6.07, 6.45) is 1.09. The number of methoxy groups -OCH3 is 1. The van der Waals surface area contributed by atoms with Crippen molar-refractivity contribution < 1.29 is 4.74 Å². The Balaban J connectivity index is 2.46. The van der Waals surface area contributed by atoms with Crippen LogP contribution < -0.4 is 10.1 Å². The second-order valence-electron chi connectivity index (χ2n) is 4.41. The maximum Gasteiger partial charge on any atom is 0.124 e. The van der Waals surface area contributed by atoms with Crippen LogP contribution in [0.25, 0.3) is 0 Å². The highest BCUT2D eigenvalue weighted by Gasteiger charge is 2.21. The first-order chi connectivity index (χ1) is 9.67. The molecule has 0 amide bonds. The van der Waals surface area contributed by atoms with Gasteiger partial charge in [0, 0.05) is 19.4 Å². The van der Waals surface area contributed by atoms with Crippen molar-refractivity contribution in [3.63, 3.8) is 0 Å². The predicted octanol–water partition coefficient (Wildman–Crippen LogP) is 5.37. The fourth-order valence-corrected chi connectivity index (χ4v) is 4.15. The van der Waals surface area contributed by atoms with Gasteiger partial charge in [-0.15, -0.1) is 11.3 Å². The molecule has 0 aliphatic carbocycles. The Hall–Kier alpha value is -0.360. The van der Waals surface area contributed by atoms with E-state index in [2.05, 4.69) is 61.6 Å². The number of halogens is 2. The topological polar surface area (TPSA) is 21.3 Å². The lowest BCUT2D eigenvalue weighted by Crippen LogP contribution is -2.23. The van der Waals surface area contributed by atoms with Gasteiger partial charge in [0.15, 0.2) is 0 Å². The number of ether oxygens (including phenoxy) is 1. The van der Waals surface area contributed by atoms with Crippen LogP contribution in [0.15, 0.2) is 38.6 Å². The molecular formula is C15H17Br2NOS. The van der Waals surface area contributed by atoms with Crippen molar-refractivity contribution in [2.45, 2.75) is 19.4 Å². The van der Waals surface area contributed by atoms with Gasteiger partial charge in [-0.3, -0.25) is 0 Å². The summed E-state index contributed by atoms with van der Waals surface area (Å²) in [6, 6.07) is 8.35. The van der Waals surface area contributed by atoms with Gasteiger partial charge in [-0.25, -0.2) is 0 Å². The fraction of sp³-hybridized carbons (Fsp3) is 0.333. The Morgan fingerprint density at radius 3 is 2.70 bits per heavy atom. The van der Waals surface area contributed by atoms with Gasteiger partial charge in [0.1, 0.15) is 5.75 Å². The summed E-state index contributed by atoms with van der Waals surface area (Å²) in [5, 5.41) is 5.71. The second-order valence-corrected chi connectivity index (χ2v) is 7.12. The van der Waals surface area contributed by atoms with Gasteiger partial charge in [-0.1, -0.05) is 22.9 Å². The molecular weight excluding hydrogens is 402 g/mol. The van der Waals surface area contributed by atoms with Crippen LogP contribution in [0.1, 0.15) is 29.8 Å². The number of nitrogens with one attached hydrogen (secondary N) is 1. The molecule has 0 aliphatic rings. The molecule has 0 aliphatic heterocycles.